The van der Waals surface area contributed by atoms with Crippen molar-refractivity contribution >= 4 is 23.1 Å². The summed E-state index contributed by atoms with van der Waals surface area (Å²) in [6, 6.07) is 3.83. The highest BCUT2D eigenvalue weighted by molar-refractivity contribution is 6.67. The molecule has 0 spiro atoms. The fourth-order valence-electron chi connectivity index (χ4n) is 0.771. The number of phenols is 1. The van der Waals surface area contributed by atoms with Gasteiger partial charge >= 0.3 is 0 Å². The highest BCUT2D eigenvalue weighted by atomic mass is 35.5. The SMILES string of the molecule is O=Cc1cc(C(=O)Cl)ccc1O. The molecule has 1 rings (SSSR count). The Kier molecular flexibility index (Phi) is 2.45. The highest BCUT2D eigenvalue weighted by Gasteiger charge is 2.05. The van der Waals surface area contributed by atoms with Crippen molar-refractivity contribution in [3.05, 3.63) is 29.3 Å². The lowest BCUT2D eigenvalue weighted by Gasteiger charge is -1.97. The Morgan fingerprint density at radius 1 is 1.50 bits per heavy atom. The van der Waals surface area contributed by atoms with E-state index in [2.05, 4.69) is 0 Å². The number of hydrogen-bond donors (Lipinski definition) is 1. The van der Waals surface area contributed by atoms with Gasteiger partial charge in [0.15, 0.2) is 6.29 Å². The molecule has 0 radical (unpaired) electrons. The molecule has 0 heterocycles. The average molecular weight is 185 g/mol. The number of phenolic OH excluding ortho intramolecular Hbond substituents is 1. The summed E-state index contributed by atoms with van der Waals surface area (Å²) < 4.78 is 0. The van der Waals surface area contributed by atoms with Crippen molar-refractivity contribution in [3.63, 3.8) is 0 Å². The van der Waals surface area contributed by atoms with Gasteiger partial charge in [-0.15, -0.1) is 0 Å². The van der Waals surface area contributed by atoms with Gasteiger partial charge in [-0.25, -0.2) is 0 Å². The van der Waals surface area contributed by atoms with Crippen LogP contribution in [0.3, 0.4) is 0 Å². The molecule has 0 aromatic heterocycles. The number of halogens is 1. The third-order valence-corrected chi connectivity index (χ3v) is 1.60. The number of carbonyl (C=O) groups excluding carboxylic acids is 2. The molecule has 1 aromatic rings. The quantitative estimate of drug-likeness (QED) is 0.561. The maximum absolute atomic E-state index is 10.6. The monoisotopic (exact) mass is 184 g/mol. The molecule has 0 amide bonds. The second kappa shape index (κ2) is 3.36. The van der Waals surface area contributed by atoms with E-state index >= 15 is 0 Å². The highest BCUT2D eigenvalue weighted by Crippen LogP contribution is 2.17. The number of aromatic hydroxyl groups is 1. The van der Waals surface area contributed by atoms with Crippen LogP contribution in [0, 0.1) is 0 Å². The lowest BCUT2D eigenvalue weighted by Crippen LogP contribution is -1.90. The lowest BCUT2D eigenvalue weighted by atomic mass is 10.1. The topological polar surface area (TPSA) is 54.4 Å². The van der Waals surface area contributed by atoms with E-state index in [4.69, 9.17) is 16.7 Å². The van der Waals surface area contributed by atoms with E-state index < -0.39 is 5.24 Å². The zero-order valence-corrected chi connectivity index (χ0v) is 6.71. The van der Waals surface area contributed by atoms with Crippen LogP contribution in [-0.2, 0) is 0 Å². The molecule has 4 heteroatoms. The van der Waals surface area contributed by atoms with Gasteiger partial charge in [-0.05, 0) is 29.8 Å². The first-order valence-corrected chi connectivity index (χ1v) is 3.51. The summed E-state index contributed by atoms with van der Waals surface area (Å²) in [5.74, 6) is -0.160. The van der Waals surface area contributed by atoms with Crippen LogP contribution in [0.15, 0.2) is 18.2 Å². The van der Waals surface area contributed by atoms with Gasteiger partial charge in [0, 0.05) is 5.56 Å². The van der Waals surface area contributed by atoms with Crippen LogP contribution in [0.4, 0.5) is 0 Å². The van der Waals surface area contributed by atoms with Crippen molar-refractivity contribution in [2.45, 2.75) is 0 Å². The molecule has 12 heavy (non-hydrogen) atoms. The van der Waals surface area contributed by atoms with E-state index in [0.717, 1.165) is 0 Å². The minimum atomic E-state index is -0.655. The molecule has 0 atom stereocenters. The first kappa shape index (κ1) is 8.74. The molecule has 62 valence electrons. The molecular formula is C8H5ClO3. The van der Waals surface area contributed by atoms with E-state index in [-0.39, 0.29) is 16.9 Å². The van der Waals surface area contributed by atoms with E-state index in [1.165, 1.54) is 18.2 Å². The van der Waals surface area contributed by atoms with Crippen LogP contribution in [0.5, 0.6) is 5.75 Å². The van der Waals surface area contributed by atoms with Gasteiger partial charge in [0.25, 0.3) is 5.24 Å². The third kappa shape index (κ3) is 1.62. The largest absolute Gasteiger partial charge is 0.507 e. The van der Waals surface area contributed by atoms with Crippen molar-refractivity contribution in [2.75, 3.05) is 0 Å². The van der Waals surface area contributed by atoms with Crippen LogP contribution in [0.2, 0.25) is 0 Å². The van der Waals surface area contributed by atoms with Crippen molar-refractivity contribution in [1.29, 1.82) is 0 Å². The molecule has 0 aliphatic carbocycles. The maximum atomic E-state index is 10.6. The second-order valence-electron chi connectivity index (χ2n) is 2.17. The molecule has 0 saturated carbocycles. The predicted octanol–water partition coefficient (Wildman–Crippen LogP) is 1.58. The van der Waals surface area contributed by atoms with Gasteiger partial charge in [0.1, 0.15) is 5.75 Å². The molecule has 3 nitrogen and oxygen atoms in total. The van der Waals surface area contributed by atoms with Crippen molar-refractivity contribution < 1.29 is 14.7 Å². The Bertz CT molecular complexity index is 333. The summed E-state index contributed by atoms with van der Waals surface area (Å²) in [6.07, 6.45) is 0.457. The van der Waals surface area contributed by atoms with Gasteiger partial charge in [0.05, 0.1) is 5.56 Å². The van der Waals surface area contributed by atoms with Crippen LogP contribution in [0.25, 0.3) is 0 Å². The number of hydrogen-bond acceptors (Lipinski definition) is 3. The van der Waals surface area contributed by atoms with E-state index in [9.17, 15) is 9.59 Å². The minimum Gasteiger partial charge on any atom is -0.507 e. The fraction of sp³-hybridized carbons (Fsp3) is 0. The molecule has 0 bridgehead atoms. The van der Waals surface area contributed by atoms with Crippen molar-refractivity contribution in [1.82, 2.24) is 0 Å². The number of aldehydes is 1. The molecule has 0 fully saturated rings. The van der Waals surface area contributed by atoms with E-state index in [1.807, 2.05) is 0 Å². The number of benzene rings is 1. The number of carbonyl (C=O) groups is 2. The summed E-state index contributed by atoms with van der Waals surface area (Å²) in [5, 5.41) is 8.38. The summed E-state index contributed by atoms with van der Waals surface area (Å²) in [5.41, 5.74) is 0.248. The minimum absolute atomic E-state index is 0.0569. The summed E-state index contributed by atoms with van der Waals surface area (Å²) in [4.78, 5) is 20.9. The Balaban J connectivity index is 3.22. The molecule has 0 saturated heterocycles. The molecule has 1 aromatic carbocycles. The lowest BCUT2D eigenvalue weighted by molar-refractivity contribution is 0.108. The van der Waals surface area contributed by atoms with Gasteiger partial charge in [-0.3, -0.25) is 9.59 Å². The first-order chi connectivity index (χ1) is 5.65. The second-order valence-corrected chi connectivity index (χ2v) is 2.51. The predicted molar refractivity (Wildman–Crippen MR) is 43.7 cm³/mol. The van der Waals surface area contributed by atoms with E-state index in [0.29, 0.717) is 6.29 Å². The Hall–Kier alpha value is -1.35. The Labute approximate surface area is 73.6 Å². The summed E-state index contributed by atoms with van der Waals surface area (Å²) in [6.45, 7) is 0. The smallest absolute Gasteiger partial charge is 0.252 e. The maximum Gasteiger partial charge on any atom is 0.252 e. The first-order valence-electron chi connectivity index (χ1n) is 3.13. The van der Waals surface area contributed by atoms with Crippen LogP contribution in [0.1, 0.15) is 20.7 Å². The third-order valence-electron chi connectivity index (χ3n) is 1.38. The summed E-state index contributed by atoms with van der Waals surface area (Å²) >= 11 is 5.15. The van der Waals surface area contributed by atoms with Crippen molar-refractivity contribution in [3.8, 4) is 5.75 Å². The van der Waals surface area contributed by atoms with Gasteiger partial charge < -0.3 is 5.11 Å². The molecular weight excluding hydrogens is 180 g/mol. The zero-order valence-electron chi connectivity index (χ0n) is 5.95. The fourth-order valence-corrected chi connectivity index (χ4v) is 0.889. The Morgan fingerprint density at radius 2 is 2.17 bits per heavy atom. The molecule has 1 N–H and O–H groups in total. The summed E-state index contributed by atoms with van der Waals surface area (Å²) in [7, 11) is 0. The van der Waals surface area contributed by atoms with Crippen LogP contribution < -0.4 is 0 Å². The Morgan fingerprint density at radius 3 is 2.67 bits per heavy atom. The molecule has 0 aliphatic heterocycles. The zero-order chi connectivity index (χ0) is 9.14. The van der Waals surface area contributed by atoms with Crippen molar-refractivity contribution in [2.24, 2.45) is 0 Å². The van der Waals surface area contributed by atoms with Crippen LogP contribution in [-0.4, -0.2) is 16.6 Å². The standard InChI is InChI=1S/C8H5ClO3/c9-8(12)5-1-2-7(11)6(3-5)4-10/h1-4,11H. The van der Waals surface area contributed by atoms with Crippen LogP contribution >= 0.6 is 11.6 Å². The normalized spacial score (nSPS) is 9.42. The van der Waals surface area contributed by atoms with Gasteiger partial charge in [0.2, 0.25) is 0 Å². The number of rotatable bonds is 2. The van der Waals surface area contributed by atoms with Gasteiger partial charge in [-0.2, -0.15) is 0 Å². The molecule has 0 unspecified atom stereocenters. The average Bonchev–Trinajstić information content (AvgIpc) is 2.05. The van der Waals surface area contributed by atoms with Gasteiger partial charge in [-0.1, -0.05) is 0 Å². The molecule has 0 aliphatic rings. The van der Waals surface area contributed by atoms with E-state index in [1.54, 1.807) is 0 Å².